The zero-order valence-electron chi connectivity index (χ0n) is 10.1. The highest BCUT2D eigenvalue weighted by atomic mass is 32.2. The van der Waals surface area contributed by atoms with Gasteiger partial charge in [-0.2, -0.15) is 0 Å². The van der Waals surface area contributed by atoms with Crippen LogP contribution in [0.5, 0.6) is 0 Å². The van der Waals surface area contributed by atoms with Gasteiger partial charge in [0.15, 0.2) is 0 Å². The van der Waals surface area contributed by atoms with E-state index in [1.807, 2.05) is 6.92 Å². The van der Waals surface area contributed by atoms with Crippen LogP contribution in [0.25, 0.3) is 6.08 Å². The van der Waals surface area contributed by atoms with E-state index in [2.05, 4.69) is 0 Å². The Balaban J connectivity index is 2.13. The van der Waals surface area contributed by atoms with Gasteiger partial charge in [-0.15, -0.1) is 0 Å². The fourth-order valence-electron chi connectivity index (χ4n) is 1.56. The first kappa shape index (κ1) is 13.8. The standard InChI is InChI=1S/C12H11NO4S2/c1-7-2-3-8(17-7)6-9-11(16)13(12(18)19-9)5-4-10(14)15/h2-3,6H,4-5H2,1H3,(H,14,15)/b9-6+. The van der Waals surface area contributed by atoms with E-state index in [1.165, 1.54) is 4.90 Å². The second kappa shape index (κ2) is 5.58. The lowest BCUT2D eigenvalue weighted by atomic mass is 10.3. The van der Waals surface area contributed by atoms with Gasteiger partial charge >= 0.3 is 5.97 Å². The quantitative estimate of drug-likeness (QED) is 0.679. The van der Waals surface area contributed by atoms with Gasteiger partial charge in [0, 0.05) is 12.6 Å². The van der Waals surface area contributed by atoms with E-state index in [0.29, 0.717) is 15.0 Å². The van der Waals surface area contributed by atoms with Crippen molar-refractivity contribution in [1.29, 1.82) is 0 Å². The van der Waals surface area contributed by atoms with Gasteiger partial charge in [-0.1, -0.05) is 24.0 Å². The van der Waals surface area contributed by atoms with Crippen LogP contribution >= 0.6 is 24.0 Å². The Labute approximate surface area is 119 Å². The third kappa shape index (κ3) is 3.24. The van der Waals surface area contributed by atoms with Gasteiger partial charge in [0.2, 0.25) is 0 Å². The molecule has 0 aliphatic carbocycles. The molecule has 1 saturated heterocycles. The zero-order chi connectivity index (χ0) is 14.0. The molecule has 1 N–H and O–H groups in total. The van der Waals surface area contributed by atoms with Crippen molar-refractivity contribution in [2.75, 3.05) is 6.54 Å². The third-order valence-corrected chi connectivity index (χ3v) is 3.84. The second-order valence-electron chi connectivity index (χ2n) is 3.93. The molecule has 19 heavy (non-hydrogen) atoms. The summed E-state index contributed by atoms with van der Waals surface area (Å²) < 4.78 is 5.74. The molecule has 0 bridgehead atoms. The predicted molar refractivity (Wildman–Crippen MR) is 75.6 cm³/mol. The van der Waals surface area contributed by atoms with Crippen LogP contribution in [0.2, 0.25) is 0 Å². The average Bonchev–Trinajstić information content (AvgIpc) is 2.83. The van der Waals surface area contributed by atoms with Gasteiger partial charge in [0.1, 0.15) is 15.8 Å². The molecule has 1 aliphatic rings. The topological polar surface area (TPSA) is 70.8 Å². The number of furan rings is 1. The van der Waals surface area contributed by atoms with Crippen molar-refractivity contribution in [3.63, 3.8) is 0 Å². The van der Waals surface area contributed by atoms with Crippen molar-refractivity contribution in [2.45, 2.75) is 13.3 Å². The Hall–Kier alpha value is -1.60. The van der Waals surface area contributed by atoms with Crippen molar-refractivity contribution >= 4 is 46.3 Å². The molecule has 1 aliphatic heterocycles. The lowest BCUT2D eigenvalue weighted by Crippen LogP contribution is -2.30. The molecule has 5 nitrogen and oxygen atoms in total. The number of carboxylic acids is 1. The summed E-state index contributed by atoms with van der Waals surface area (Å²) in [6.07, 6.45) is 1.49. The van der Waals surface area contributed by atoms with Gasteiger partial charge in [0.05, 0.1) is 11.3 Å². The minimum Gasteiger partial charge on any atom is -0.481 e. The van der Waals surface area contributed by atoms with E-state index in [9.17, 15) is 9.59 Å². The summed E-state index contributed by atoms with van der Waals surface area (Å²) in [5, 5.41) is 8.63. The van der Waals surface area contributed by atoms with E-state index < -0.39 is 5.97 Å². The summed E-state index contributed by atoms with van der Waals surface area (Å²) in [6, 6.07) is 3.57. The van der Waals surface area contributed by atoms with Crippen molar-refractivity contribution in [2.24, 2.45) is 0 Å². The average molecular weight is 297 g/mol. The number of thiocarbonyl (C=S) groups is 1. The summed E-state index contributed by atoms with van der Waals surface area (Å²) in [5.41, 5.74) is 0. The number of hydrogen-bond donors (Lipinski definition) is 1. The van der Waals surface area contributed by atoms with Crippen LogP contribution in [0.15, 0.2) is 21.5 Å². The molecule has 0 atom stereocenters. The van der Waals surface area contributed by atoms with Crippen molar-refractivity contribution in [1.82, 2.24) is 4.90 Å². The van der Waals surface area contributed by atoms with E-state index in [1.54, 1.807) is 18.2 Å². The minimum absolute atomic E-state index is 0.0918. The molecular formula is C12H11NO4S2. The fraction of sp³-hybridized carbons (Fsp3) is 0.250. The first-order valence-electron chi connectivity index (χ1n) is 5.51. The highest BCUT2D eigenvalue weighted by Gasteiger charge is 2.32. The van der Waals surface area contributed by atoms with Gasteiger partial charge in [-0.3, -0.25) is 14.5 Å². The van der Waals surface area contributed by atoms with E-state index >= 15 is 0 Å². The highest BCUT2D eigenvalue weighted by Crippen LogP contribution is 2.32. The highest BCUT2D eigenvalue weighted by molar-refractivity contribution is 8.26. The minimum atomic E-state index is -0.959. The van der Waals surface area contributed by atoms with Crippen LogP contribution in [0.3, 0.4) is 0 Å². The summed E-state index contributed by atoms with van der Waals surface area (Å²) in [7, 11) is 0. The third-order valence-electron chi connectivity index (χ3n) is 2.46. The Morgan fingerprint density at radius 3 is 2.89 bits per heavy atom. The first-order chi connectivity index (χ1) is 8.97. The Morgan fingerprint density at radius 2 is 2.32 bits per heavy atom. The number of amides is 1. The van der Waals surface area contributed by atoms with Crippen LogP contribution in [0.1, 0.15) is 17.9 Å². The van der Waals surface area contributed by atoms with Crippen molar-refractivity contribution in [3.05, 3.63) is 28.6 Å². The molecule has 0 saturated carbocycles. The molecule has 1 amide bonds. The number of carbonyl (C=O) groups is 2. The van der Waals surface area contributed by atoms with E-state index in [-0.39, 0.29) is 18.9 Å². The SMILES string of the molecule is Cc1ccc(/C=C2/SC(=S)N(CCC(=O)O)C2=O)o1. The Morgan fingerprint density at radius 1 is 1.58 bits per heavy atom. The number of aliphatic carboxylic acids is 1. The van der Waals surface area contributed by atoms with Crippen molar-refractivity contribution < 1.29 is 19.1 Å². The van der Waals surface area contributed by atoms with Gasteiger partial charge < -0.3 is 9.52 Å². The maximum absolute atomic E-state index is 12.1. The molecule has 2 heterocycles. The number of carboxylic acid groups (broad SMARTS) is 1. The van der Waals surface area contributed by atoms with Gasteiger partial charge in [-0.05, 0) is 19.1 Å². The first-order valence-corrected chi connectivity index (χ1v) is 6.73. The molecule has 0 aromatic carbocycles. The second-order valence-corrected chi connectivity index (χ2v) is 5.60. The van der Waals surface area contributed by atoms with Gasteiger partial charge in [-0.25, -0.2) is 0 Å². The maximum atomic E-state index is 12.1. The lowest BCUT2D eigenvalue weighted by molar-refractivity contribution is -0.137. The van der Waals surface area contributed by atoms with E-state index in [0.717, 1.165) is 17.5 Å². The molecule has 0 unspecified atom stereocenters. The lowest BCUT2D eigenvalue weighted by Gasteiger charge is -2.12. The number of thioether (sulfide) groups is 1. The van der Waals surface area contributed by atoms with Crippen LogP contribution in [-0.2, 0) is 9.59 Å². The summed E-state index contributed by atoms with van der Waals surface area (Å²) in [4.78, 5) is 24.3. The van der Waals surface area contributed by atoms with Crippen LogP contribution < -0.4 is 0 Å². The van der Waals surface area contributed by atoms with Crippen LogP contribution in [0, 0.1) is 6.92 Å². The summed E-state index contributed by atoms with van der Waals surface area (Å²) >= 11 is 6.23. The normalized spacial score (nSPS) is 17.5. The molecular weight excluding hydrogens is 286 g/mol. The molecule has 1 aromatic rings. The van der Waals surface area contributed by atoms with Gasteiger partial charge in [0.25, 0.3) is 5.91 Å². The number of carbonyl (C=O) groups excluding carboxylic acids is 1. The fourth-order valence-corrected chi connectivity index (χ4v) is 2.85. The Kier molecular flexibility index (Phi) is 4.06. The summed E-state index contributed by atoms with van der Waals surface area (Å²) in [6.45, 7) is 1.91. The molecule has 1 aromatic heterocycles. The zero-order valence-corrected chi connectivity index (χ0v) is 11.7. The van der Waals surface area contributed by atoms with E-state index in [4.69, 9.17) is 21.7 Å². The van der Waals surface area contributed by atoms with Crippen LogP contribution in [0.4, 0.5) is 0 Å². The van der Waals surface area contributed by atoms with Crippen molar-refractivity contribution in [3.8, 4) is 0 Å². The molecule has 1 fully saturated rings. The molecule has 0 radical (unpaired) electrons. The number of rotatable bonds is 4. The Bertz CT molecular complexity index is 576. The number of aryl methyl sites for hydroxylation is 1. The molecule has 0 spiro atoms. The summed E-state index contributed by atoms with van der Waals surface area (Å²) in [5.74, 6) is 0.105. The predicted octanol–water partition coefficient (Wildman–Crippen LogP) is 2.26. The van der Waals surface area contributed by atoms with Crippen LogP contribution in [-0.4, -0.2) is 32.7 Å². The number of nitrogens with zero attached hydrogens (tertiary/aromatic N) is 1. The monoisotopic (exact) mass is 297 g/mol. The smallest absolute Gasteiger partial charge is 0.305 e. The largest absolute Gasteiger partial charge is 0.481 e. The molecule has 100 valence electrons. The molecule has 7 heteroatoms. The molecule has 2 rings (SSSR count). The number of hydrogen-bond acceptors (Lipinski definition) is 5. The maximum Gasteiger partial charge on any atom is 0.305 e.